The van der Waals surface area contributed by atoms with Gasteiger partial charge in [0.1, 0.15) is 6.10 Å². The van der Waals surface area contributed by atoms with E-state index < -0.39 is 0 Å². The van der Waals surface area contributed by atoms with E-state index in [9.17, 15) is 4.79 Å². The number of benzene rings is 1. The van der Waals surface area contributed by atoms with Gasteiger partial charge in [-0.1, -0.05) is 56.4 Å². The van der Waals surface area contributed by atoms with Gasteiger partial charge in [-0.3, -0.25) is 4.79 Å². The smallest absolute Gasteiger partial charge is 0.306 e. The minimum atomic E-state index is -0.280. The van der Waals surface area contributed by atoms with Gasteiger partial charge in [-0.2, -0.15) is 0 Å². The van der Waals surface area contributed by atoms with Gasteiger partial charge in [0.25, 0.3) is 0 Å². The zero-order chi connectivity index (χ0) is 18.1. The summed E-state index contributed by atoms with van der Waals surface area (Å²) in [5.74, 6) is -0.110. The molecule has 0 bridgehead atoms. The molecule has 2 aromatic rings. The lowest BCUT2D eigenvalue weighted by Crippen LogP contribution is -2.17. The van der Waals surface area contributed by atoms with E-state index in [0.717, 1.165) is 24.0 Å². The van der Waals surface area contributed by atoms with E-state index in [2.05, 4.69) is 44.0 Å². The van der Waals surface area contributed by atoms with E-state index in [4.69, 9.17) is 4.74 Å². The van der Waals surface area contributed by atoms with Crippen molar-refractivity contribution in [2.45, 2.75) is 71.9 Å². The van der Waals surface area contributed by atoms with Crippen LogP contribution in [0.2, 0.25) is 0 Å². The molecule has 25 heavy (non-hydrogen) atoms. The van der Waals surface area contributed by atoms with Crippen LogP contribution in [0.15, 0.2) is 36.9 Å². The number of hydrogen-bond donors (Lipinski definition) is 0. The molecule has 4 nitrogen and oxygen atoms in total. The lowest BCUT2D eigenvalue weighted by atomic mass is 10.0. The first-order valence-corrected chi connectivity index (χ1v) is 9.32. The van der Waals surface area contributed by atoms with Gasteiger partial charge >= 0.3 is 5.97 Å². The van der Waals surface area contributed by atoms with E-state index in [1.165, 1.54) is 24.8 Å². The maximum atomic E-state index is 12.3. The molecule has 1 heterocycles. The summed E-state index contributed by atoms with van der Waals surface area (Å²) in [4.78, 5) is 16.4. The van der Waals surface area contributed by atoms with Crippen LogP contribution in [0.1, 0.15) is 68.2 Å². The van der Waals surface area contributed by atoms with Gasteiger partial charge in [0.2, 0.25) is 0 Å². The van der Waals surface area contributed by atoms with Crippen molar-refractivity contribution in [2.24, 2.45) is 0 Å². The predicted molar refractivity (Wildman–Crippen MR) is 100 cm³/mol. The van der Waals surface area contributed by atoms with Gasteiger partial charge in [0, 0.05) is 18.8 Å². The average Bonchev–Trinajstić information content (AvgIpc) is 3.07. The molecular weight excluding hydrogens is 312 g/mol. The fourth-order valence-electron chi connectivity index (χ4n) is 3.06. The molecule has 1 aromatic carbocycles. The summed E-state index contributed by atoms with van der Waals surface area (Å²) >= 11 is 0. The highest BCUT2D eigenvalue weighted by atomic mass is 16.5. The van der Waals surface area contributed by atoms with Crippen molar-refractivity contribution in [1.82, 2.24) is 9.55 Å². The first-order chi connectivity index (χ1) is 12.1. The third-order valence-electron chi connectivity index (χ3n) is 4.47. The number of carbonyl (C=O) groups excluding carboxylic acids is 1. The van der Waals surface area contributed by atoms with Gasteiger partial charge in [-0.25, -0.2) is 4.98 Å². The number of nitrogens with zero attached hydrogens (tertiary/aromatic N) is 2. The molecular formula is C21H30N2O2. The fraction of sp³-hybridized carbons (Fsp3) is 0.524. The Morgan fingerprint density at radius 3 is 2.68 bits per heavy atom. The Hall–Kier alpha value is -2.10. The van der Waals surface area contributed by atoms with E-state index in [1.807, 2.05) is 10.8 Å². The average molecular weight is 342 g/mol. The summed E-state index contributed by atoms with van der Waals surface area (Å²) in [7, 11) is 0. The minimum Gasteiger partial charge on any atom is -0.456 e. The minimum absolute atomic E-state index is 0.110. The Bertz CT molecular complexity index is 650. The molecule has 0 spiro atoms. The van der Waals surface area contributed by atoms with E-state index in [-0.39, 0.29) is 12.1 Å². The summed E-state index contributed by atoms with van der Waals surface area (Å²) in [5, 5.41) is 0. The molecule has 0 N–H and O–H groups in total. The summed E-state index contributed by atoms with van der Waals surface area (Å²) in [5.41, 5.74) is 3.43. The van der Waals surface area contributed by atoms with E-state index in [0.29, 0.717) is 13.0 Å². The number of carbonyl (C=O) groups is 1. The highest BCUT2D eigenvalue weighted by molar-refractivity contribution is 5.69. The molecule has 136 valence electrons. The Balaban J connectivity index is 2.00. The lowest BCUT2D eigenvalue weighted by Gasteiger charge is -2.21. The highest BCUT2D eigenvalue weighted by Crippen LogP contribution is 2.25. The Morgan fingerprint density at radius 1 is 1.20 bits per heavy atom. The normalized spacial score (nSPS) is 12.1. The zero-order valence-corrected chi connectivity index (χ0v) is 15.7. The molecule has 0 aliphatic heterocycles. The summed E-state index contributed by atoms with van der Waals surface area (Å²) in [6, 6.07) is 6.28. The van der Waals surface area contributed by atoms with Gasteiger partial charge in [-0.15, -0.1) is 0 Å². The third-order valence-corrected chi connectivity index (χ3v) is 4.47. The number of hydrogen-bond acceptors (Lipinski definition) is 3. The van der Waals surface area contributed by atoms with Crippen molar-refractivity contribution in [3.8, 4) is 0 Å². The molecule has 1 atom stereocenters. The molecule has 0 fully saturated rings. The van der Waals surface area contributed by atoms with Crippen LogP contribution >= 0.6 is 0 Å². The number of aryl methyl sites for hydroxylation is 2. The predicted octanol–water partition coefficient (Wildman–Crippen LogP) is 5.14. The highest BCUT2D eigenvalue weighted by Gasteiger charge is 2.19. The Kier molecular flexibility index (Phi) is 7.71. The van der Waals surface area contributed by atoms with E-state index >= 15 is 0 Å². The van der Waals surface area contributed by atoms with Crippen molar-refractivity contribution in [1.29, 1.82) is 0 Å². The summed E-state index contributed by atoms with van der Waals surface area (Å²) in [6.45, 7) is 6.93. The van der Waals surface area contributed by atoms with Gasteiger partial charge < -0.3 is 9.30 Å². The van der Waals surface area contributed by atoms with Crippen LogP contribution in [-0.4, -0.2) is 15.5 Å². The topological polar surface area (TPSA) is 44.1 Å². The monoisotopic (exact) mass is 342 g/mol. The number of aromatic nitrogens is 2. The summed E-state index contributed by atoms with van der Waals surface area (Å²) < 4.78 is 7.81. The van der Waals surface area contributed by atoms with Crippen LogP contribution < -0.4 is 0 Å². The zero-order valence-electron chi connectivity index (χ0n) is 15.7. The van der Waals surface area contributed by atoms with E-state index in [1.54, 1.807) is 12.5 Å². The van der Waals surface area contributed by atoms with Crippen LogP contribution in [0.3, 0.4) is 0 Å². The second-order valence-electron chi connectivity index (χ2n) is 6.76. The number of unbranched alkanes of at least 4 members (excludes halogenated alkanes) is 4. The Morgan fingerprint density at radius 2 is 2.00 bits per heavy atom. The van der Waals surface area contributed by atoms with Crippen molar-refractivity contribution >= 4 is 5.97 Å². The van der Waals surface area contributed by atoms with Gasteiger partial charge in [-0.05, 0) is 31.4 Å². The van der Waals surface area contributed by atoms with Crippen molar-refractivity contribution in [3.63, 3.8) is 0 Å². The van der Waals surface area contributed by atoms with Crippen molar-refractivity contribution in [3.05, 3.63) is 53.6 Å². The van der Waals surface area contributed by atoms with Crippen molar-refractivity contribution in [2.75, 3.05) is 0 Å². The second-order valence-corrected chi connectivity index (χ2v) is 6.76. The molecule has 0 saturated carbocycles. The third kappa shape index (κ3) is 6.37. The molecule has 4 heteroatoms. The number of rotatable bonds is 10. The Labute approximate surface area is 151 Å². The first kappa shape index (κ1) is 19.2. The number of imidazole rings is 1. The summed E-state index contributed by atoms with van der Waals surface area (Å²) in [6.07, 6.45) is 11.3. The second kappa shape index (κ2) is 10.0. The molecule has 1 unspecified atom stereocenters. The van der Waals surface area contributed by atoms with Crippen LogP contribution in [0, 0.1) is 13.8 Å². The standard InChI is InChI=1S/C21H30N2O2/c1-4-5-6-7-8-9-21(24)25-20(15-23-13-12-22-16-23)19-11-10-17(2)14-18(19)3/h10-14,16,20H,4-9,15H2,1-3H3. The number of esters is 1. The van der Waals surface area contributed by atoms with Crippen LogP contribution in [0.25, 0.3) is 0 Å². The van der Waals surface area contributed by atoms with Crippen LogP contribution in [-0.2, 0) is 16.1 Å². The lowest BCUT2D eigenvalue weighted by molar-refractivity contribution is -0.150. The molecule has 0 saturated heterocycles. The molecule has 0 aliphatic carbocycles. The largest absolute Gasteiger partial charge is 0.456 e. The van der Waals surface area contributed by atoms with Crippen LogP contribution in [0.5, 0.6) is 0 Å². The molecule has 0 amide bonds. The molecule has 2 rings (SSSR count). The molecule has 1 aromatic heterocycles. The van der Waals surface area contributed by atoms with Crippen molar-refractivity contribution < 1.29 is 9.53 Å². The quantitative estimate of drug-likeness (QED) is 0.443. The number of ether oxygens (including phenoxy) is 1. The SMILES string of the molecule is CCCCCCCC(=O)OC(Cn1ccnc1)c1ccc(C)cc1C. The van der Waals surface area contributed by atoms with Crippen LogP contribution in [0.4, 0.5) is 0 Å². The molecule has 0 aliphatic rings. The van der Waals surface area contributed by atoms with Gasteiger partial charge in [0.15, 0.2) is 0 Å². The first-order valence-electron chi connectivity index (χ1n) is 9.32. The fourth-order valence-corrected chi connectivity index (χ4v) is 3.06. The van der Waals surface area contributed by atoms with Gasteiger partial charge in [0.05, 0.1) is 12.9 Å². The molecule has 0 radical (unpaired) electrons. The maximum Gasteiger partial charge on any atom is 0.306 e. The maximum absolute atomic E-state index is 12.3.